The molecule has 4 rings (SSSR count). The lowest BCUT2D eigenvalue weighted by molar-refractivity contribution is -0.115. The molecule has 1 aliphatic carbocycles. The maximum atomic E-state index is 12.0. The van der Waals surface area contributed by atoms with Crippen LogP contribution in [0.1, 0.15) is 43.4 Å². The van der Waals surface area contributed by atoms with Gasteiger partial charge in [-0.15, -0.1) is 0 Å². The zero-order valence-corrected chi connectivity index (χ0v) is 12.5. The quantitative estimate of drug-likeness (QED) is 0.835. The molecule has 2 aliphatic heterocycles. The number of nitrogens with zero attached hydrogens (tertiary/aromatic N) is 1. The second-order valence-corrected chi connectivity index (χ2v) is 6.37. The number of benzene rings is 1. The van der Waals surface area contributed by atoms with Crippen molar-refractivity contribution >= 4 is 5.78 Å². The molecule has 0 saturated carbocycles. The van der Waals surface area contributed by atoms with Gasteiger partial charge in [0.05, 0.1) is 6.61 Å². The molecule has 0 N–H and O–H groups in total. The highest BCUT2D eigenvalue weighted by Crippen LogP contribution is 2.35. The van der Waals surface area contributed by atoms with Gasteiger partial charge in [0, 0.05) is 37.5 Å². The van der Waals surface area contributed by atoms with Crippen molar-refractivity contribution in [2.24, 2.45) is 0 Å². The highest BCUT2D eigenvalue weighted by molar-refractivity contribution is 5.99. The van der Waals surface area contributed by atoms with Gasteiger partial charge in [0.2, 0.25) is 0 Å². The van der Waals surface area contributed by atoms with Gasteiger partial charge in [0.1, 0.15) is 5.75 Å². The van der Waals surface area contributed by atoms with E-state index < -0.39 is 0 Å². The molecule has 3 nitrogen and oxygen atoms in total. The molecule has 3 heteroatoms. The number of carbonyl (C=O) groups is 1. The Labute approximate surface area is 125 Å². The lowest BCUT2D eigenvalue weighted by atomic mass is 9.98. The minimum absolute atomic E-state index is 0.335. The van der Waals surface area contributed by atoms with Crippen LogP contribution in [0.15, 0.2) is 29.3 Å². The predicted octanol–water partition coefficient (Wildman–Crippen LogP) is 3.05. The van der Waals surface area contributed by atoms with Gasteiger partial charge in [-0.3, -0.25) is 9.69 Å². The molecule has 3 aliphatic rings. The first-order chi connectivity index (χ1) is 10.2. The Morgan fingerprint density at radius 3 is 3.00 bits per heavy atom. The molecular formula is C18H21NO2. The van der Waals surface area contributed by atoms with Crippen molar-refractivity contribution in [1.29, 1.82) is 0 Å². The molecular weight excluding hydrogens is 262 g/mol. The topological polar surface area (TPSA) is 29.5 Å². The maximum absolute atomic E-state index is 12.0. The lowest BCUT2D eigenvalue weighted by Gasteiger charge is -2.33. The first-order valence-electron chi connectivity index (χ1n) is 7.96. The molecule has 1 unspecified atom stereocenters. The van der Waals surface area contributed by atoms with Crippen molar-refractivity contribution in [3.63, 3.8) is 0 Å². The summed E-state index contributed by atoms with van der Waals surface area (Å²) in [4.78, 5) is 14.4. The van der Waals surface area contributed by atoms with E-state index in [9.17, 15) is 4.79 Å². The van der Waals surface area contributed by atoms with Crippen molar-refractivity contribution in [3.05, 3.63) is 40.5 Å². The van der Waals surface area contributed by atoms with E-state index in [1.165, 1.54) is 16.7 Å². The third-order valence-electron chi connectivity index (χ3n) is 5.23. The molecule has 0 saturated heterocycles. The summed E-state index contributed by atoms with van der Waals surface area (Å²) in [5.74, 6) is 1.42. The highest BCUT2D eigenvalue weighted by atomic mass is 16.5. The lowest BCUT2D eigenvalue weighted by Crippen LogP contribution is -2.34. The van der Waals surface area contributed by atoms with Crippen LogP contribution in [-0.4, -0.2) is 30.4 Å². The van der Waals surface area contributed by atoms with Crippen molar-refractivity contribution in [3.8, 4) is 5.75 Å². The van der Waals surface area contributed by atoms with Gasteiger partial charge in [0.25, 0.3) is 0 Å². The minimum atomic E-state index is 0.335. The molecule has 1 aromatic carbocycles. The summed E-state index contributed by atoms with van der Waals surface area (Å²) in [6.45, 7) is 4.93. The van der Waals surface area contributed by atoms with Crippen LogP contribution in [0.3, 0.4) is 0 Å². The number of ketones is 1. The molecule has 110 valence electrons. The third kappa shape index (κ3) is 2.20. The smallest absolute Gasteiger partial charge is 0.160 e. The Kier molecular flexibility index (Phi) is 3.11. The Morgan fingerprint density at radius 2 is 2.10 bits per heavy atom. The van der Waals surface area contributed by atoms with E-state index in [1.54, 1.807) is 0 Å². The largest absolute Gasteiger partial charge is 0.493 e. The van der Waals surface area contributed by atoms with Gasteiger partial charge in [-0.1, -0.05) is 17.7 Å². The van der Waals surface area contributed by atoms with E-state index in [1.807, 2.05) is 0 Å². The summed E-state index contributed by atoms with van der Waals surface area (Å²) in [6.07, 6.45) is 3.83. The van der Waals surface area contributed by atoms with Crippen LogP contribution in [0.4, 0.5) is 0 Å². The van der Waals surface area contributed by atoms with Crippen LogP contribution in [0.5, 0.6) is 5.75 Å². The average molecular weight is 283 g/mol. The number of ether oxygens (including phenoxy) is 1. The van der Waals surface area contributed by atoms with Gasteiger partial charge in [-0.05, 0) is 37.0 Å². The molecule has 0 amide bonds. The van der Waals surface area contributed by atoms with Crippen molar-refractivity contribution < 1.29 is 9.53 Å². The highest BCUT2D eigenvalue weighted by Gasteiger charge is 2.30. The molecule has 0 spiro atoms. The van der Waals surface area contributed by atoms with E-state index in [2.05, 4.69) is 30.0 Å². The van der Waals surface area contributed by atoms with Crippen LogP contribution >= 0.6 is 0 Å². The fourth-order valence-electron chi connectivity index (χ4n) is 3.78. The maximum Gasteiger partial charge on any atom is 0.160 e. The Balaban J connectivity index is 1.55. The number of fused-ring (bicyclic) bond motifs is 1. The number of Topliss-reactive ketones (excluding diaryl/α,β-unsaturated/α-hetero) is 1. The fourth-order valence-corrected chi connectivity index (χ4v) is 3.78. The SMILES string of the molecule is CC(c1ccc2c(c1)OCC2)N1CCC2=C(C1)C(=O)CC2. The summed E-state index contributed by atoms with van der Waals surface area (Å²) in [6, 6.07) is 6.94. The zero-order chi connectivity index (χ0) is 14.4. The standard InChI is InChI=1S/C18H21NO2/c1-12(15-3-2-14-7-9-21-18(14)10-15)19-8-6-13-4-5-17(20)16(13)11-19/h2-3,10,12H,4-9,11H2,1H3. The van der Waals surface area contributed by atoms with E-state index in [0.29, 0.717) is 11.8 Å². The van der Waals surface area contributed by atoms with Crippen LogP contribution in [0.2, 0.25) is 0 Å². The van der Waals surface area contributed by atoms with Crippen molar-refractivity contribution in [1.82, 2.24) is 4.90 Å². The van der Waals surface area contributed by atoms with Crippen LogP contribution in [0, 0.1) is 0 Å². The average Bonchev–Trinajstić information content (AvgIpc) is 3.12. The summed E-state index contributed by atoms with van der Waals surface area (Å²) >= 11 is 0. The minimum Gasteiger partial charge on any atom is -0.493 e. The molecule has 0 radical (unpaired) electrons. The molecule has 2 heterocycles. The van der Waals surface area contributed by atoms with E-state index in [-0.39, 0.29) is 0 Å². The second-order valence-electron chi connectivity index (χ2n) is 6.37. The molecule has 1 atom stereocenters. The molecule has 0 aromatic heterocycles. The molecule has 0 fully saturated rings. The normalized spacial score (nSPS) is 23.0. The first kappa shape index (κ1) is 13.1. The summed E-state index contributed by atoms with van der Waals surface area (Å²) in [5, 5.41) is 0. The van der Waals surface area contributed by atoms with Crippen LogP contribution < -0.4 is 4.74 Å². The number of carbonyl (C=O) groups excluding carboxylic acids is 1. The van der Waals surface area contributed by atoms with Gasteiger partial charge >= 0.3 is 0 Å². The van der Waals surface area contributed by atoms with Gasteiger partial charge in [-0.2, -0.15) is 0 Å². The number of hydrogen-bond donors (Lipinski definition) is 0. The van der Waals surface area contributed by atoms with Gasteiger partial charge < -0.3 is 4.74 Å². The summed E-state index contributed by atoms with van der Waals surface area (Å²) in [7, 11) is 0. The van der Waals surface area contributed by atoms with Crippen LogP contribution in [0.25, 0.3) is 0 Å². The van der Waals surface area contributed by atoms with E-state index in [0.717, 1.165) is 56.7 Å². The Morgan fingerprint density at radius 1 is 1.19 bits per heavy atom. The number of rotatable bonds is 2. The van der Waals surface area contributed by atoms with Crippen molar-refractivity contribution in [2.75, 3.05) is 19.7 Å². The molecule has 21 heavy (non-hydrogen) atoms. The summed E-state index contributed by atoms with van der Waals surface area (Å²) < 4.78 is 5.68. The van der Waals surface area contributed by atoms with E-state index in [4.69, 9.17) is 4.74 Å². The molecule has 0 bridgehead atoms. The van der Waals surface area contributed by atoms with Gasteiger partial charge in [0.15, 0.2) is 5.78 Å². The second kappa shape index (κ2) is 4.99. The number of hydrogen-bond acceptors (Lipinski definition) is 3. The Hall–Kier alpha value is -1.61. The third-order valence-corrected chi connectivity index (χ3v) is 5.23. The monoisotopic (exact) mass is 283 g/mol. The Bertz CT molecular complexity index is 632. The van der Waals surface area contributed by atoms with Gasteiger partial charge in [-0.25, -0.2) is 0 Å². The molecule has 1 aromatic rings. The van der Waals surface area contributed by atoms with E-state index >= 15 is 0 Å². The summed E-state index contributed by atoms with van der Waals surface area (Å²) in [5.41, 5.74) is 5.14. The van der Waals surface area contributed by atoms with Crippen LogP contribution in [-0.2, 0) is 11.2 Å². The first-order valence-corrected chi connectivity index (χ1v) is 7.96. The predicted molar refractivity (Wildman–Crippen MR) is 81.5 cm³/mol. The fraction of sp³-hybridized carbons (Fsp3) is 0.500. The zero-order valence-electron chi connectivity index (χ0n) is 12.5. The van der Waals surface area contributed by atoms with Crippen molar-refractivity contribution in [2.45, 2.75) is 38.6 Å².